The van der Waals surface area contributed by atoms with Crippen molar-refractivity contribution in [1.29, 1.82) is 0 Å². The van der Waals surface area contributed by atoms with Gasteiger partial charge in [-0.05, 0) is 36.4 Å². The van der Waals surface area contributed by atoms with Gasteiger partial charge in [-0.3, -0.25) is 14.4 Å². The summed E-state index contributed by atoms with van der Waals surface area (Å²) < 4.78 is 0. The van der Waals surface area contributed by atoms with E-state index in [9.17, 15) is 14.4 Å². The van der Waals surface area contributed by atoms with Gasteiger partial charge in [0.2, 0.25) is 5.91 Å². The Morgan fingerprint density at radius 1 is 0.966 bits per heavy atom. The Balaban J connectivity index is 1.45. The Kier molecular flexibility index (Phi) is 5.67. The summed E-state index contributed by atoms with van der Waals surface area (Å²) in [7, 11) is 1.70. The zero-order valence-corrected chi connectivity index (χ0v) is 17.4. The summed E-state index contributed by atoms with van der Waals surface area (Å²) in [4.78, 5) is 44.2. The van der Waals surface area contributed by atoms with Gasteiger partial charge in [-0.25, -0.2) is 0 Å². The molecule has 7 heteroatoms. The Morgan fingerprint density at radius 2 is 1.66 bits per heavy atom. The molecule has 1 aromatic carbocycles. The molecule has 1 saturated heterocycles. The summed E-state index contributed by atoms with van der Waals surface area (Å²) in [5.74, 6) is 0.207. The normalized spacial score (nSPS) is 17.0. The van der Waals surface area contributed by atoms with Gasteiger partial charge in [0.25, 0.3) is 11.8 Å². The second-order valence-corrected chi connectivity index (χ2v) is 8.55. The maximum atomic E-state index is 13.2. The highest BCUT2D eigenvalue weighted by molar-refractivity contribution is 7.12. The highest BCUT2D eigenvalue weighted by Crippen LogP contribution is 2.29. The standard InChI is InChI=1S/C22H25N3O3S/c1-23(22(28)19-10-5-15-29-19)18-9-3-2-8-17(18)21(27)25-13-11-24(12-14-25)20(26)16-6-4-7-16/h2-3,5,8-10,15-16H,4,6-7,11-14H2,1H3. The first-order valence-corrected chi connectivity index (χ1v) is 10.9. The number of rotatable bonds is 4. The van der Waals surface area contributed by atoms with Crippen molar-refractivity contribution in [3.8, 4) is 0 Å². The highest BCUT2D eigenvalue weighted by Gasteiger charge is 2.33. The fourth-order valence-electron chi connectivity index (χ4n) is 3.84. The van der Waals surface area contributed by atoms with E-state index >= 15 is 0 Å². The zero-order chi connectivity index (χ0) is 20.4. The monoisotopic (exact) mass is 411 g/mol. The van der Waals surface area contributed by atoms with Crippen LogP contribution in [0.2, 0.25) is 0 Å². The van der Waals surface area contributed by atoms with Crippen LogP contribution in [-0.4, -0.2) is 60.7 Å². The lowest BCUT2D eigenvalue weighted by Crippen LogP contribution is -2.52. The van der Waals surface area contributed by atoms with Gasteiger partial charge in [0.15, 0.2) is 0 Å². The predicted molar refractivity (Wildman–Crippen MR) is 113 cm³/mol. The fraction of sp³-hybridized carbons (Fsp3) is 0.409. The highest BCUT2D eigenvalue weighted by atomic mass is 32.1. The summed E-state index contributed by atoms with van der Waals surface area (Å²) >= 11 is 1.38. The van der Waals surface area contributed by atoms with Crippen molar-refractivity contribution < 1.29 is 14.4 Å². The number of thiophene rings is 1. The zero-order valence-electron chi connectivity index (χ0n) is 16.5. The van der Waals surface area contributed by atoms with Gasteiger partial charge in [0.05, 0.1) is 16.1 Å². The van der Waals surface area contributed by atoms with Crippen molar-refractivity contribution in [2.45, 2.75) is 19.3 Å². The maximum Gasteiger partial charge on any atom is 0.268 e. The molecule has 0 radical (unpaired) electrons. The number of nitrogens with zero attached hydrogens (tertiary/aromatic N) is 3. The summed E-state index contributed by atoms with van der Waals surface area (Å²) in [6, 6.07) is 10.8. The van der Waals surface area contributed by atoms with E-state index in [2.05, 4.69) is 0 Å². The summed E-state index contributed by atoms with van der Waals surface area (Å²) in [5.41, 5.74) is 1.11. The van der Waals surface area contributed by atoms with E-state index in [0.717, 1.165) is 19.3 Å². The van der Waals surface area contributed by atoms with Gasteiger partial charge >= 0.3 is 0 Å². The Bertz CT molecular complexity index is 900. The summed E-state index contributed by atoms with van der Waals surface area (Å²) in [6.07, 6.45) is 3.13. The molecule has 3 amide bonds. The van der Waals surface area contributed by atoms with Crippen molar-refractivity contribution in [3.63, 3.8) is 0 Å². The second kappa shape index (κ2) is 8.37. The Hall–Kier alpha value is -2.67. The molecule has 1 aromatic heterocycles. The summed E-state index contributed by atoms with van der Waals surface area (Å²) in [5, 5.41) is 1.86. The third-order valence-electron chi connectivity index (χ3n) is 5.87. The molecule has 0 bridgehead atoms. The number of hydrogen-bond acceptors (Lipinski definition) is 4. The Labute approximate surface area is 174 Å². The SMILES string of the molecule is CN(C(=O)c1cccs1)c1ccccc1C(=O)N1CCN(C(=O)C2CCC2)CC1. The van der Waals surface area contributed by atoms with Gasteiger partial charge in [-0.2, -0.15) is 0 Å². The molecule has 152 valence electrons. The van der Waals surface area contributed by atoms with E-state index in [0.29, 0.717) is 42.3 Å². The molecule has 2 aliphatic rings. The van der Waals surface area contributed by atoms with Gasteiger partial charge in [0, 0.05) is 39.1 Å². The van der Waals surface area contributed by atoms with E-state index < -0.39 is 0 Å². The van der Waals surface area contributed by atoms with Crippen molar-refractivity contribution >= 4 is 34.7 Å². The molecule has 1 aliphatic carbocycles. The van der Waals surface area contributed by atoms with Crippen LogP contribution in [0.25, 0.3) is 0 Å². The molecule has 0 unspecified atom stereocenters. The average molecular weight is 412 g/mol. The number of carbonyl (C=O) groups is 3. The first-order valence-electron chi connectivity index (χ1n) is 10.0. The quantitative estimate of drug-likeness (QED) is 0.777. The molecule has 6 nitrogen and oxygen atoms in total. The molecule has 0 atom stereocenters. The molecular weight excluding hydrogens is 386 g/mol. The molecule has 1 aliphatic heterocycles. The van der Waals surface area contributed by atoms with Crippen molar-refractivity contribution in [1.82, 2.24) is 9.80 Å². The number of amides is 3. The molecule has 2 fully saturated rings. The molecule has 2 heterocycles. The maximum absolute atomic E-state index is 13.2. The van der Waals surface area contributed by atoms with Crippen LogP contribution in [0.4, 0.5) is 5.69 Å². The molecule has 0 spiro atoms. The molecule has 29 heavy (non-hydrogen) atoms. The van der Waals surface area contributed by atoms with Crippen molar-refractivity contribution in [2.24, 2.45) is 5.92 Å². The van der Waals surface area contributed by atoms with Crippen molar-refractivity contribution in [3.05, 3.63) is 52.2 Å². The molecule has 0 N–H and O–H groups in total. The first-order chi connectivity index (χ1) is 14.1. The minimum absolute atomic E-state index is 0.0952. The lowest BCUT2D eigenvalue weighted by atomic mass is 9.84. The molecule has 2 aromatic rings. The average Bonchev–Trinajstić information content (AvgIpc) is 3.26. The van der Waals surface area contributed by atoms with Crippen LogP contribution >= 0.6 is 11.3 Å². The minimum atomic E-state index is -0.129. The van der Waals surface area contributed by atoms with Crippen molar-refractivity contribution in [2.75, 3.05) is 38.1 Å². The number of carbonyl (C=O) groups excluding carboxylic acids is 3. The topological polar surface area (TPSA) is 60.9 Å². The third kappa shape index (κ3) is 3.92. The number of hydrogen-bond donors (Lipinski definition) is 0. The van der Waals surface area contributed by atoms with Gasteiger partial charge < -0.3 is 14.7 Å². The van der Waals surface area contributed by atoms with Crippen LogP contribution in [0, 0.1) is 5.92 Å². The van der Waals surface area contributed by atoms with Crippen LogP contribution < -0.4 is 4.90 Å². The third-order valence-corrected chi connectivity index (χ3v) is 6.72. The number of benzene rings is 1. The number of para-hydroxylation sites is 1. The van der Waals surface area contributed by atoms with E-state index in [-0.39, 0.29) is 23.6 Å². The van der Waals surface area contributed by atoms with E-state index in [1.54, 1.807) is 30.1 Å². The van der Waals surface area contributed by atoms with E-state index in [1.807, 2.05) is 28.5 Å². The summed E-state index contributed by atoms with van der Waals surface area (Å²) in [6.45, 7) is 2.20. The van der Waals surface area contributed by atoms with E-state index in [4.69, 9.17) is 0 Å². The fourth-order valence-corrected chi connectivity index (χ4v) is 4.53. The van der Waals surface area contributed by atoms with Crippen LogP contribution in [-0.2, 0) is 4.79 Å². The van der Waals surface area contributed by atoms with Gasteiger partial charge in [0.1, 0.15) is 0 Å². The van der Waals surface area contributed by atoms with Gasteiger partial charge in [-0.15, -0.1) is 11.3 Å². The number of anilines is 1. The number of piperazine rings is 1. The molecule has 4 rings (SSSR count). The van der Waals surface area contributed by atoms with Crippen LogP contribution in [0.1, 0.15) is 39.3 Å². The smallest absolute Gasteiger partial charge is 0.268 e. The van der Waals surface area contributed by atoms with E-state index in [1.165, 1.54) is 16.2 Å². The minimum Gasteiger partial charge on any atom is -0.339 e. The van der Waals surface area contributed by atoms with Crippen LogP contribution in [0.3, 0.4) is 0 Å². The lowest BCUT2D eigenvalue weighted by molar-refractivity contribution is -0.139. The lowest BCUT2D eigenvalue weighted by Gasteiger charge is -2.38. The van der Waals surface area contributed by atoms with Gasteiger partial charge in [-0.1, -0.05) is 24.6 Å². The van der Waals surface area contributed by atoms with Crippen LogP contribution in [0.5, 0.6) is 0 Å². The predicted octanol–water partition coefficient (Wildman–Crippen LogP) is 3.11. The van der Waals surface area contributed by atoms with Crippen LogP contribution in [0.15, 0.2) is 41.8 Å². The molecular formula is C22H25N3O3S. The Morgan fingerprint density at radius 3 is 2.28 bits per heavy atom. The largest absolute Gasteiger partial charge is 0.339 e. The second-order valence-electron chi connectivity index (χ2n) is 7.60. The first kappa shape index (κ1) is 19.6. The molecule has 1 saturated carbocycles.